The average molecular weight is 661 g/mol. The normalized spacial score (nSPS) is 17.8. The van der Waals surface area contributed by atoms with Gasteiger partial charge in [-0.05, 0) is 74.8 Å². The number of amides is 2. The number of unbranched alkanes of at least 4 members (excludes halogenated alkanes) is 5. The Hall–Kier alpha value is -2.55. The minimum Gasteiger partial charge on any atom is -0.394 e. The molecule has 1 aromatic rings. The Kier molecular flexibility index (Phi) is 13.0. The van der Waals surface area contributed by atoms with Gasteiger partial charge in [-0.2, -0.15) is 13.2 Å². The van der Waals surface area contributed by atoms with Gasteiger partial charge in [0.25, 0.3) is 5.91 Å². The van der Waals surface area contributed by atoms with Crippen molar-refractivity contribution in [2.75, 3.05) is 36.9 Å². The van der Waals surface area contributed by atoms with Gasteiger partial charge in [0.05, 0.1) is 25.0 Å². The van der Waals surface area contributed by atoms with Crippen LogP contribution < -0.4 is 10.2 Å². The van der Waals surface area contributed by atoms with Crippen LogP contribution in [0.25, 0.3) is 0 Å². The lowest BCUT2D eigenvalue weighted by molar-refractivity contribution is -0.135. The van der Waals surface area contributed by atoms with Crippen molar-refractivity contribution in [2.24, 2.45) is 4.99 Å². The summed E-state index contributed by atoms with van der Waals surface area (Å²) in [4.78, 5) is 31.1. The number of aliphatic hydroxyl groups is 2. The number of carbonyl (C=O) groups is 2. The van der Waals surface area contributed by atoms with Gasteiger partial charge in [-0.25, -0.2) is 12.7 Å². The molecule has 14 heteroatoms. The summed E-state index contributed by atoms with van der Waals surface area (Å²) in [7, 11) is -3.62. The van der Waals surface area contributed by atoms with Crippen LogP contribution in [0.2, 0.25) is 0 Å². The summed E-state index contributed by atoms with van der Waals surface area (Å²) in [5.74, 6) is -0.0168. The van der Waals surface area contributed by atoms with E-state index in [2.05, 4.69) is 10.3 Å². The number of sulfonamides is 1. The van der Waals surface area contributed by atoms with E-state index in [1.165, 1.54) is 16.1 Å². The largest absolute Gasteiger partial charge is 0.394 e. The maximum Gasteiger partial charge on any atom is 0.389 e. The monoisotopic (exact) mass is 660 g/mol. The Labute approximate surface area is 264 Å². The third-order valence-corrected chi connectivity index (χ3v) is 10.6. The molecule has 0 bridgehead atoms. The number of nitrogens with one attached hydrogen (secondary N) is 1. The van der Waals surface area contributed by atoms with E-state index < -0.39 is 40.9 Å². The number of nitrogens with zero attached hydrogens (tertiary/aromatic N) is 3. The number of hydrogen-bond donors (Lipinski definition) is 3. The summed E-state index contributed by atoms with van der Waals surface area (Å²) in [5.41, 5.74) is 2.08. The molecular formula is C31H47F3N4O6S. The molecule has 2 aliphatic heterocycles. The quantitative estimate of drug-likeness (QED) is 0.230. The van der Waals surface area contributed by atoms with Gasteiger partial charge in [-0.1, -0.05) is 25.7 Å². The van der Waals surface area contributed by atoms with Gasteiger partial charge in [0.15, 0.2) is 0 Å². The highest BCUT2D eigenvalue weighted by Crippen LogP contribution is 2.32. The number of rotatable bonds is 16. The lowest BCUT2D eigenvalue weighted by Gasteiger charge is -2.34. The second kappa shape index (κ2) is 15.8. The van der Waals surface area contributed by atoms with Crippen molar-refractivity contribution in [1.82, 2.24) is 9.62 Å². The Morgan fingerprint density at radius 3 is 2.20 bits per heavy atom. The number of aliphatic imine (C=N–C) groups is 1. The van der Waals surface area contributed by atoms with Crippen LogP contribution in [0, 0.1) is 13.8 Å². The second-order valence-corrected chi connectivity index (χ2v) is 14.4. The van der Waals surface area contributed by atoms with Crippen LogP contribution in [0.3, 0.4) is 0 Å². The number of halogens is 3. The first-order valence-corrected chi connectivity index (χ1v) is 17.3. The summed E-state index contributed by atoms with van der Waals surface area (Å²) in [6.07, 6.45) is -0.652. The summed E-state index contributed by atoms with van der Waals surface area (Å²) in [5, 5.41) is 21.9. The van der Waals surface area contributed by atoms with Crippen LogP contribution >= 0.6 is 0 Å². The van der Waals surface area contributed by atoms with Crippen LogP contribution in [-0.2, 0) is 26.0 Å². The molecule has 1 atom stereocenters. The first-order valence-electron chi connectivity index (χ1n) is 15.7. The van der Waals surface area contributed by atoms with E-state index in [0.717, 1.165) is 42.4 Å². The van der Waals surface area contributed by atoms with Crippen molar-refractivity contribution in [3.8, 4) is 0 Å². The van der Waals surface area contributed by atoms with Crippen molar-refractivity contribution in [2.45, 2.75) is 109 Å². The molecule has 1 spiro atoms. The van der Waals surface area contributed by atoms with Crippen LogP contribution in [-0.4, -0.2) is 90.4 Å². The Morgan fingerprint density at radius 2 is 1.64 bits per heavy atom. The molecule has 2 amide bonds. The minimum absolute atomic E-state index is 0.0601. The van der Waals surface area contributed by atoms with Gasteiger partial charge in [-0.15, -0.1) is 0 Å². The van der Waals surface area contributed by atoms with Crippen LogP contribution in [0.4, 0.5) is 18.9 Å². The van der Waals surface area contributed by atoms with Gasteiger partial charge in [0.2, 0.25) is 15.9 Å². The topological polar surface area (TPSA) is 140 Å². The highest BCUT2D eigenvalue weighted by Gasteiger charge is 2.47. The molecule has 254 valence electrons. The van der Waals surface area contributed by atoms with Gasteiger partial charge < -0.3 is 20.4 Å². The molecule has 0 saturated carbocycles. The Bertz CT molecular complexity index is 1300. The molecule has 3 N–H and O–H groups in total. The maximum atomic E-state index is 13.3. The predicted molar refractivity (Wildman–Crippen MR) is 167 cm³/mol. The van der Waals surface area contributed by atoms with Crippen LogP contribution in [0.1, 0.15) is 87.8 Å². The number of anilines is 1. The molecule has 0 aliphatic carbocycles. The van der Waals surface area contributed by atoms with Gasteiger partial charge >= 0.3 is 6.18 Å². The summed E-state index contributed by atoms with van der Waals surface area (Å²) in [6, 6.07) is 3.55. The number of aryl methyl sites for hydroxylation is 2. The highest BCUT2D eigenvalue weighted by atomic mass is 32.2. The molecule has 10 nitrogen and oxygen atoms in total. The number of carbonyl (C=O) groups excluding carboxylic acids is 2. The molecule has 0 aromatic heterocycles. The standard InChI is InChI=1S/C31H47F3N4O6S/c1-22-18-25(38(24(3)40)20-26(41)21-39)19-23(2)27(22)11-17-45(43,44)37-15-13-30(14-16-37)29(42)35-28(36-30)10-8-6-4-5-7-9-12-31(32,33)34/h18-19,26,39,41H,4-17,20-21H2,1-3H3,(H,35,36,42)/t26-/m0/s1. The van der Waals surface area contributed by atoms with Gasteiger partial charge in [0.1, 0.15) is 11.4 Å². The summed E-state index contributed by atoms with van der Waals surface area (Å²) in [6.45, 7) is 4.89. The molecule has 0 radical (unpaired) electrons. The average Bonchev–Trinajstić information content (AvgIpc) is 3.25. The lowest BCUT2D eigenvalue weighted by atomic mass is 9.89. The third kappa shape index (κ3) is 10.5. The third-order valence-electron chi connectivity index (χ3n) is 8.68. The van der Waals surface area contributed by atoms with E-state index in [-0.39, 0.29) is 62.9 Å². The maximum absolute atomic E-state index is 13.3. The van der Waals surface area contributed by atoms with Crippen molar-refractivity contribution >= 4 is 33.4 Å². The number of piperidine rings is 1. The molecule has 3 rings (SSSR count). The molecule has 2 aliphatic rings. The summed E-state index contributed by atoms with van der Waals surface area (Å²) < 4.78 is 64.7. The SMILES string of the molecule is CC(=O)N(C[C@H](O)CO)c1cc(C)c(CCS(=O)(=O)N2CCC3(CC2)N=C(CCCCCCCCC(F)(F)F)NC3=O)c(C)c1. The number of aliphatic hydroxyl groups excluding tert-OH is 2. The molecule has 1 aromatic carbocycles. The number of alkyl halides is 3. The Balaban J connectivity index is 1.50. The fraction of sp³-hybridized carbons (Fsp3) is 0.710. The van der Waals surface area contributed by atoms with Crippen LogP contribution in [0.15, 0.2) is 17.1 Å². The van der Waals surface area contributed by atoms with E-state index >= 15 is 0 Å². The van der Waals surface area contributed by atoms with E-state index in [4.69, 9.17) is 0 Å². The Morgan fingerprint density at radius 1 is 1.07 bits per heavy atom. The first kappa shape index (κ1) is 36.9. The smallest absolute Gasteiger partial charge is 0.389 e. The number of amidine groups is 1. The number of hydrogen-bond acceptors (Lipinski definition) is 7. The predicted octanol–water partition coefficient (Wildman–Crippen LogP) is 3.93. The van der Waals surface area contributed by atoms with E-state index in [9.17, 15) is 41.4 Å². The van der Waals surface area contributed by atoms with Crippen molar-refractivity contribution in [3.63, 3.8) is 0 Å². The molecule has 1 fully saturated rings. The zero-order valence-electron chi connectivity index (χ0n) is 26.5. The summed E-state index contributed by atoms with van der Waals surface area (Å²) >= 11 is 0. The molecular weight excluding hydrogens is 613 g/mol. The van der Waals surface area contributed by atoms with Gasteiger partial charge in [0, 0.05) is 38.5 Å². The van der Waals surface area contributed by atoms with Crippen molar-refractivity contribution in [3.05, 3.63) is 28.8 Å². The lowest BCUT2D eigenvalue weighted by Crippen LogP contribution is -2.50. The first-order chi connectivity index (χ1) is 21.1. The van der Waals surface area contributed by atoms with E-state index in [1.807, 2.05) is 13.8 Å². The highest BCUT2D eigenvalue weighted by molar-refractivity contribution is 7.89. The molecule has 45 heavy (non-hydrogen) atoms. The van der Waals surface area contributed by atoms with Crippen molar-refractivity contribution in [1.29, 1.82) is 0 Å². The fourth-order valence-corrected chi connectivity index (χ4v) is 7.53. The second-order valence-electron chi connectivity index (χ2n) is 12.3. The van der Waals surface area contributed by atoms with Crippen molar-refractivity contribution < 1.29 is 41.4 Å². The molecule has 0 unspecified atom stereocenters. The van der Waals surface area contributed by atoms with Gasteiger partial charge in [-0.3, -0.25) is 14.6 Å². The molecule has 2 heterocycles. The fourth-order valence-electron chi connectivity index (χ4n) is 6.07. The number of benzene rings is 1. The van der Waals surface area contributed by atoms with E-state index in [1.54, 1.807) is 12.1 Å². The molecule has 1 saturated heterocycles. The van der Waals surface area contributed by atoms with E-state index in [0.29, 0.717) is 24.4 Å². The zero-order chi connectivity index (χ0) is 33.4. The zero-order valence-corrected chi connectivity index (χ0v) is 27.3. The van der Waals surface area contributed by atoms with Crippen LogP contribution in [0.5, 0.6) is 0 Å². The minimum atomic E-state index is -4.10.